The molecule has 3 atom stereocenters. The molecule has 0 saturated carbocycles. The molecule has 2 aliphatic heterocycles. The van der Waals surface area contributed by atoms with Crippen LogP contribution in [-0.4, -0.2) is 6.61 Å². The second-order valence-corrected chi connectivity index (χ2v) is 8.77. The molecule has 23 heavy (non-hydrogen) atoms. The maximum atomic E-state index is 6.27. The van der Waals surface area contributed by atoms with Crippen LogP contribution in [0.3, 0.4) is 0 Å². The van der Waals surface area contributed by atoms with Crippen LogP contribution in [0.5, 0.6) is 0 Å². The predicted octanol–water partition coefficient (Wildman–Crippen LogP) is 5.68. The maximum absolute atomic E-state index is 6.27. The molecule has 1 N–H and O–H groups in total. The van der Waals surface area contributed by atoms with Gasteiger partial charge in [0.1, 0.15) is 0 Å². The van der Waals surface area contributed by atoms with Gasteiger partial charge in [0, 0.05) is 28.7 Å². The summed E-state index contributed by atoms with van der Waals surface area (Å²) in [6, 6.07) is 11.7. The Bertz CT molecular complexity index is 686. The van der Waals surface area contributed by atoms with Crippen molar-refractivity contribution in [3.63, 3.8) is 0 Å². The van der Waals surface area contributed by atoms with Crippen LogP contribution < -0.4 is 5.32 Å². The van der Waals surface area contributed by atoms with E-state index in [2.05, 4.69) is 61.8 Å². The molecule has 2 aromatic rings. The number of fused-ring (bicyclic) bond motifs is 3. The van der Waals surface area contributed by atoms with Gasteiger partial charge in [0.25, 0.3) is 0 Å². The third-order valence-corrected chi connectivity index (χ3v) is 6.14. The fourth-order valence-corrected chi connectivity index (χ4v) is 4.74. The van der Waals surface area contributed by atoms with Crippen molar-refractivity contribution in [1.29, 1.82) is 0 Å². The second-order valence-electron chi connectivity index (χ2n) is 7.79. The molecular weight excluding hydrogens is 302 g/mol. The molecule has 1 aromatic carbocycles. The van der Waals surface area contributed by atoms with Gasteiger partial charge in [-0.1, -0.05) is 39.0 Å². The Morgan fingerprint density at radius 1 is 1.22 bits per heavy atom. The van der Waals surface area contributed by atoms with E-state index in [9.17, 15) is 0 Å². The van der Waals surface area contributed by atoms with Crippen LogP contribution in [0.1, 0.15) is 61.8 Å². The molecule has 1 saturated heterocycles. The Hall–Kier alpha value is -1.32. The van der Waals surface area contributed by atoms with Crippen molar-refractivity contribution in [2.45, 2.75) is 51.2 Å². The zero-order valence-electron chi connectivity index (χ0n) is 14.1. The van der Waals surface area contributed by atoms with Gasteiger partial charge >= 0.3 is 0 Å². The first-order valence-corrected chi connectivity index (χ1v) is 9.48. The molecule has 0 aliphatic carbocycles. The molecule has 0 unspecified atom stereocenters. The van der Waals surface area contributed by atoms with Gasteiger partial charge in [-0.25, -0.2) is 0 Å². The highest BCUT2D eigenvalue weighted by molar-refractivity contribution is 7.10. The van der Waals surface area contributed by atoms with Gasteiger partial charge in [0.05, 0.1) is 12.1 Å². The third kappa shape index (κ3) is 2.70. The lowest BCUT2D eigenvalue weighted by Crippen LogP contribution is -2.35. The van der Waals surface area contributed by atoms with E-state index < -0.39 is 0 Å². The van der Waals surface area contributed by atoms with E-state index in [1.807, 2.05) is 11.3 Å². The van der Waals surface area contributed by atoms with Crippen molar-refractivity contribution < 1.29 is 4.74 Å². The number of benzene rings is 1. The average molecular weight is 327 g/mol. The number of anilines is 1. The summed E-state index contributed by atoms with van der Waals surface area (Å²) in [6.45, 7) is 7.72. The van der Waals surface area contributed by atoms with Crippen molar-refractivity contribution in [3.05, 3.63) is 51.7 Å². The summed E-state index contributed by atoms with van der Waals surface area (Å²) < 4.78 is 6.27. The van der Waals surface area contributed by atoms with Crippen LogP contribution in [0.15, 0.2) is 35.7 Å². The first-order chi connectivity index (χ1) is 11.0. The normalized spacial score (nSPS) is 27.0. The molecule has 4 rings (SSSR count). The van der Waals surface area contributed by atoms with Crippen LogP contribution in [0, 0.1) is 5.92 Å². The van der Waals surface area contributed by atoms with Crippen molar-refractivity contribution in [2.24, 2.45) is 5.92 Å². The minimum Gasteiger partial charge on any atom is -0.377 e. The topological polar surface area (TPSA) is 21.3 Å². The average Bonchev–Trinajstić information content (AvgIpc) is 3.07. The number of nitrogens with one attached hydrogen (secondary N) is 1. The summed E-state index contributed by atoms with van der Waals surface area (Å²) in [5.41, 5.74) is 4.17. The summed E-state index contributed by atoms with van der Waals surface area (Å²) in [6.07, 6.45) is 2.63. The van der Waals surface area contributed by atoms with E-state index in [0.717, 1.165) is 6.61 Å². The first-order valence-electron chi connectivity index (χ1n) is 8.60. The van der Waals surface area contributed by atoms with Crippen molar-refractivity contribution in [2.75, 3.05) is 11.9 Å². The minimum absolute atomic E-state index is 0.170. The monoisotopic (exact) mass is 327 g/mol. The van der Waals surface area contributed by atoms with Crippen molar-refractivity contribution in [1.82, 2.24) is 0 Å². The van der Waals surface area contributed by atoms with Crippen molar-refractivity contribution in [3.8, 4) is 0 Å². The maximum Gasteiger partial charge on any atom is 0.0896 e. The number of ether oxygens (including phenoxy) is 1. The molecule has 0 amide bonds. The molecule has 3 heterocycles. The summed E-state index contributed by atoms with van der Waals surface area (Å²) in [5.74, 6) is 0.533. The van der Waals surface area contributed by atoms with Gasteiger partial charge in [0.2, 0.25) is 0 Å². The zero-order valence-corrected chi connectivity index (χ0v) is 15.0. The van der Waals surface area contributed by atoms with Crippen LogP contribution >= 0.6 is 11.3 Å². The van der Waals surface area contributed by atoms with Gasteiger partial charge in [-0.15, -0.1) is 11.3 Å². The molecule has 2 nitrogen and oxygen atoms in total. The smallest absolute Gasteiger partial charge is 0.0896 e. The molecule has 2 aliphatic rings. The van der Waals surface area contributed by atoms with Gasteiger partial charge in [-0.2, -0.15) is 0 Å². The third-order valence-electron chi connectivity index (χ3n) is 5.18. The van der Waals surface area contributed by atoms with Crippen LogP contribution in [0.2, 0.25) is 0 Å². The van der Waals surface area contributed by atoms with E-state index >= 15 is 0 Å². The Morgan fingerprint density at radius 3 is 2.83 bits per heavy atom. The summed E-state index contributed by atoms with van der Waals surface area (Å²) in [4.78, 5) is 1.43. The second kappa shape index (κ2) is 5.64. The Labute approximate surface area is 142 Å². The number of rotatable bonds is 1. The first kappa shape index (κ1) is 15.2. The molecule has 0 spiro atoms. The molecule has 1 fully saturated rings. The predicted molar refractivity (Wildman–Crippen MR) is 97.2 cm³/mol. The van der Waals surface area contributed by atoms with Gasteiger partial charge in [0.15, 0.2) is 0 Å². The highest BCUT2D eigenvalue weighted by Gasteiger charge is 2.40. The Kier molecular flexibility index (Phi) is 3.73. The molecule has 0 bridgehead atoms. The molecule has 0 radical (unpaired) electrons. The molecule has 3 heteroatoms. The van der Waals surface area contributed by atoms with Gasteiger partial charge in [-0.3, -0.25) is 0 Å². The molecule has 122 valence electrons. The van der Waals surface area contributed by atoms with Crippen molar-refractivity contribution >= 4 is 17.0 Å². The Balaban J connectivity index is 1.78. The van der Waals surface area contributed by atoms with E-state index in [-0.39, 0.29) is 11.5 Å². The lowest BCUT2D eigenvalue weighted by molar-refractivity contribution is -0.0378. The van der Waals surface area contributed by atoms with E-state index in [1.54, 1.807) is 0 Å². The van der Waals surface area contributed by atoms with E-state index in [1.165, 1.54) is 34.5 Å². The fourth-order valence-electron chi connectivity index (χ4n) is 3.89. The SMILES string of the molecule is CC(C)(C)c1ccc2c(c1)[C@H]1OCCC[C@H]1[C@H](c1cccs1)N2. The van der Waals surface area contributed by atoms with Crippen LogP contribution in [0.25, 0.3) is 0 Å². The van der Waals surface area contributed by atoms with Gasteiger partial charge < -0.3 is 10.1 Å². The Morgan fingerprint density at radius 2 is 2.09 bits per heavy atom. The van der Waals surface area contributed by atoms with Gasteiger partial charge in [-0.05, 0) is 41.3 Å². The summed E-state index contributed by atoms with van der Waals surface area (Å²) in [5, 5.41) is 5.98. The summed E-state index contributed by atoms with van der Waals surface area (Å²) >= 11 is 1.85. The molecular formula is C20H25NOS. The lowest BCUT2D eigenvalue weighted by Gasteiger charge is -2.43. The highest BCUT2D eigenvalue weighted by atomic mass is 32.1. The quantitative estimate of drug-likeness (QED) is 0.727. The molecule has 1 aromatic heterocycles. The fraction of sp³-hybridized carbons (Fsp3) is 0.500. The highest BCUT2D eigenvalue weighted by Crippen LogP contribution is 2.50. The number of hydrogen-bond donors (Lipinski definition) is 1. The van der Waals surface area contributed by atoms with Crippen LogP contribution in [0.4, 0.5) is 5.69 Å². The summed E-state index contributed by atoms with van der Waals surface area (Å²) in [7, 11) is 0. The number of hydrogen-bond acceptors (Lipinski definition) is 3. The van der Waals surface area contributed by atoms with Crippen LogP contribution in [-0.2, 0) is 10.2 Å². The lowest BCUT2D eigenvalue weighted by atomic mass is 9.77. The standard InChI is InChI=1S/C20H25NOS/c1-20(2,3)13-8-9-16-15(12-13)19-14(6-4-10-22-19)18(21-16)17-7-5-11-23-17/h5,7-9,11-12,14,18-19,21H,4,6,10H2,1-3H3/t14-,18+,19-/m0/s1. The minimum atomic E-state index is 0.170. The number of thiophene rings is 1. The largest absolute Gasteiger partial charge is 0.377 e. The van der Waals surface area contributed by atoms with E-state index in [4.69, 9.17) is 4.74 Å². The zero-order chi connectivity index (χ0) is 16.0. The van der Waals surface area contributed by atoms with E-state index in [0.29, 0.717) is 12.0 Å².